The van der Waals surface area contributed by atoms with Gasteiger partial charge in [0.05, 0.1) is 0 Å². The van der Waals surface area contributed by atoms with E-state index in [1.54, 1.807) is 6.07 Å². The Morgan fingerprint density at radius 3 is 2.46 bits per heavy atom. The third-order valence-electron chi connectivity index (χ3n) is 2.15. The van der Waals surface area contributed by atoms with Gasteiger partial charge in [-0.15, -0.1) is 0 Å². The number of halogens is 2. The molecule has 0 amide bonds. The van der Waals surface area contributed by atoms with Gasteiger partial charge in [-0.05, 0) is 23.8 Å². The van der Waals surface area contributed by atoms with E-state index >= 15 is 0 Å². The molecule has 1 aromatic carbocycles. The SMILES string of the molecule is CC(C)(CN)c1cc(F)cc(Cl)c1. The molecule has 1 rings (SSSR count). The van der Waals surface area contributed by atoms with Gasteiger partial charge in [-0.25, -0.2) is 4.39 Å². The monoisotopic (exact) mass is 201 g/mol. The summed E-state index contributed by atoms with van der Waals surface area (Å²) in [6.07, 6.45) is 0. The van der Waals surface area contributed by atoms with Crippen molar-refractivity contribution in [3.63, 3.8) is 0 Å². The summed E-state index contributed by atoms with van der Waals surface area (Å²) >= 11 is 5.73. The highest BCUT2D eigenvalue weighted by atomic mass is 35.5. The molecule has 0 aliphatic carbocycles. The summed E-state index contributed by atoms with van der Waals surface area (Å²) in [5, 5.41) is 0.413. The molecule has 0 unspecified atom stereocenters. The first-order chi connectivity index (χ1) is 5.95. The van der Waals surface area contributed by atoms with Gasteiger partial charge in [-0.2, -0.15) is 0 Å². The number of hydrogen-bond donors (Lipinski definition) is 1. The number of nitrogens with two attached hydrogens (primary N) is 1. The predicted molar refractivity (Wildman–Crippen MR) is 53.5 cm³/mol. The van der Waals surface area contributed by atoms with Crippen molar-refractivity contribution in [2.45, 2.75) is 19.3 Å². The Morgan fingerprint density at radius 1 is 1.38 bits per heavy atom. The zero-order valence-corrected chi connectivity index (χ0v) is 8.53. The molecule has 0 spiro atoms. The number of rotatable bonds is 2. The first kappa shape index (κ1) is 10.5. The Labute approximate surface area is 82.7 Å². The van der Waals surface area contributed by atoms with Crippen LogP contribution in [0.4, 0.5) is 4.39 Å². The molecule has 0 heterocycles. The van der Waals surface area contributed by atoms with Gasteiger partial charge in [0.2, 0.25) is 0 Å². The Morgan fingerprint density at radius 2 is 2.00 bits per heavy atom. The molecule has 0 aliphatic rings. The molecule has 1 nitrogen and oxygen atoms in total. The molecule has 0 aromatic heterocycles. The molecule has 0 saturated carbocycles. The van der Waals surface area contributed by atoms with Crippen LogP contribution in [0.15, 0.2) is 18.2 Å². The third kappa shape index (κ3) is 2.42. The zero-order chi connectivity index (χ0) is 10.1. The van der Waals surface area contributed by atoms with Gasteiger partial charge in [0, 0.05) is 17.0 Å². The van der Waals surface area contributed by atoms with Crippen LogP contribution in [0.5, 0.6) is 0 Å². The Kier molecular flexibility index (Phi) is 2.94. The van der Waals surface area contributed by atoms with Crippen molar-refractivity contribution in [3.05, 3.63) is 34.6 Å². The second kappa shape index (κ2) is 3.64. The molecular formula is C10H13ClFN. The van der Waals surface area contributed by atoms with Gasteiger partial charge in [-0.3, -0.25) is 0 Å². The molecule has 0 bridgehead atoms. The van der Waals surface area contributed by atoms with E-state index in [-0.39, 0.29) is 11.2 Å². The second-order valence-electron chi connectivity index (χ2n) is 3.75. The molecule has 0 aliphatic heterocycles. The Balaban J connectivity index is 3.15. The van der Waals surface area contributed by atoms with Crippen molar-refractivity contribution in [2.24, 2.45) is 5.73 Å². The van der Waals surface area contributed by atoms with Crippen LogP contribution >= 0.6 is 11.6 Å². The average molecular weight is 202 g/mol. The average Bonchev–Trinajstić information content (AvgIpc) is 2.02. The maximum atomic E-state index is 13.0. The molecule has 0 radical (unpaired) electrons. The summed E-state index contributed by atoms with van der Waals surface area (Å²) in [6.45, 7) is 4.38. The van der Waals surface area contributed by atoms with E-state index < -0.39 is 0 Å². The van der Waals surface area contributed by atoms with Crippen molar-refractivity contribution in [2.75, 3.05) is 6.54 Å². The van der Waals surface area contributed by atoms with E-state index in [0.717, 1.165) is 5.56 Å². The van der Waals surface area contributed by atoms with E-state index in [1.165, 1.54) is 12.1 Å². The molecule has 1 aromatic rings. The van der Waals surface area contributed by atoms with Crippen LogP contribution in [0.1, 0.15) is 19.4 Å². The fourth-order valence-corrected chi connectivity index (χ4v) is 1.28. The van der Waals surface area contributed by atoms with Gasteiger partial charge in [0.1, 0.15) is 5.82 Å². The summed E-state index contributed by atoms with van der Waals surface area (Å²) in [5.74, 6) is -0.316. The van der Waals surface area contributed by atoms with E-state index in [2.05, 4.69) is 0 Å². The van der Waals surface area contributed by atoms with Crippen LogP contribution in [0.25, 0.3) is 0 Å². The van der Waals surface area contributed by atoms with E-state index in [4.69, 9.17) is 17.3 Å². The highest BCUT2D eigenvalue weighted by Crippen LogP contribution is 2.25. The Bertz CT molecular complexity index is 290. The van der Waals surface area contributed by atoms with Crippen molar-refractivity contribution in [3.8, 4) is 0 Å². The van der Waals surface area contributed by atoms with Crippen LogP contribution in [0.2, 0.25) is 5.02 Å². The summed E-state index contributed by atoms with van der Waals surface area (Å²) in [7, 11) is 0. The highest BCUT2D eigenvalue weighted by Gasteiger charge is 2.19. The van der Waals surface area contributed by atoms with Gasteiger partial charge in [0.25, 0.3) is 0 Å². The van der Waals surface area contributed by atoms with Gasteiger partial charge >= 0.3 is 0 Å². The first-order valence-corrected chi connectivity index (χ1v) is 4.50. The zero-order valence-electron chi connectivity index (χ0n) is 7.77. The van der Waals surface area contributed by atoms with Crippen molar-refractivity contribution in [1.29, 1.82) is 0 Å². The topological polar surface area (TPSA) is 26.0 Å². The lowest BCUT2D eigenvalue weighted by Crippen LogP contribution is -2.28. The molecule has 3 heteroatoms. The van der Waals surface area contributed by atoms with E-state index in [0.29, 0.717) is 11.6 Å². The third-order valence-corrected chi connectivity index (χ3v) is 2.37. The fourth-order valence-electron chi connectivity index (χ4n) is 1.06. The van der Waals surface area contributed by atoms with Crippen LogP contribution in [0, 0.1) is 5.82 Å². The summed E-state index contributed by atoms with van der Waals surface area (Å²) in [5.41, 5.74) is 6.18. The lowest BCUT2D eigenvalue weighted by molar-refractivity contribution is 0.531. The number of benzene rings is 1. The molecule has 72 valence electrons. The molecule has 0 atom stereocenters. The van der Waals surface area contributed by atoms with Gasteiger partial charge in [0.15, 0.2) is 0 Å². The van der Waals surface area contributed by atoms with Crippen LogP contribution < -0.4 is 5.73 Å². The van der Waals surface area contributed by atoms with E-state index in [9.17, 15) is 4.39 Å². The minimum Gasteiger partial charge on any atom is -0.330 e. The van der Waals surface area contributed by atoms with Crippen molar-refractivity contribution >= 4 is 11.6 Å². The molecule has 0 fully saturated rings. The maximum Gasteiger partial charge on any atom is 0.124 e. The second-order valence-corrected chi connectivity index (χ2v) is 4.18. The minimum atomic E-state index is -0.316. The summed E-state index contributed by atoms with van der Waals surface area (Å²) in [4.78, 5) is 0. The number of hydrogen-bond acceptors (Lipinski definition) is 1. The maximum absolute atomic E-state index is 13.0. The lowest BCUT2D eigenvalue weighted by atomic mass is 9.85. The van der Waals surface area contributed by atoms with Crippen LogP contribution in [-0.4, -0.2) is 6.54 Å². The predicted octanol–water partition coefficient (Wildman–Crippen LogP) is 2.72. The molecular weight excluding hydrogens is 189 g/mol. The van der Waals surface area contributed by atoms with Crippen LogP contribution in [-0.2, 0) is 5.41 Å². The quantitative estimate of drug-likeness (QED) is 0.783. The smallest absolute Gasteiger partial charge is 0.124 e. The largest absolute Gasteiger partial charge is 0.330 e. The molecule has 13 heavy (non-hydrogen) atoms. The fraction of sp³-hybridized carbons (Fsp3) is 0.400. The normalized spacial score (nSPS) is 11.8. The van der Waals surface area contributed by atoms with Crippen molar-refractivity contribution < 1.29 is 4.39 Å². The van der Waals surface area contributed by atoms with Crippen LogP contribution in [0.3, 0.4) is 0 Å². The molecule has 2 N–H and O–H groups in total. The highest BCUT2D eigenvalue weighted by molar-refractivity contribution is 6.30. The van der Waals surface area contributed by atoms with Gasteiger partial charge in [-0.1, -0.05) is 25.4 Å². The lowest BCUT2D eigenvalue weighted by Gasteiger charge is -2.23. The Hall–Kier alpha value is -0.600. The van der Waals surface area contributed by atoms with E-state index in [1.807, 2.05) is 13.8 Å². The summed E-state index contributed by atoms with van der Waals surface area (Å²) < 4.78 is 13.0. The first-order valence-electron chi connectivity index (χ1n) is 4.12. The minimum absolute atomic E-state index is 0.230. The standard InChI is InChI=1S/C10H13ClFN/c1-10(2,6-13)7-3-8(11)5-9(12)4-7/h3-5H,6,13H2,1-2H3. The van der Waals surface area contributed by atoms with Crippen molar-refractivity contribution in [1.82, 2.24) is 0 Å². The molecule has 0 saturated heterocycles. The summed E-state index contributed by atoms with van der Waals surface area (Å²) in [6, 6.07) is 4.51. The van der Waals surface area contributed by atoms with Gasteiger partial charge < -0.3 is 5.73 Å².